The molecule has 0 atom stereocenters. The molecule has 0 spiro atoms. The summed E-state index contributed by atoms with van der Waals surface area (Å²) in [6.07, 6.45) is 0. The molecule has 3 nitrogen and oxygen atoms in total. The normalized spacial score (nSPS) is 11.6. The molecular weight excluding hydrogens is 358 g/mol. The number of aromatic nitrogens is 1. The molecule has 0 aliphatic carbocycles. The van der Waals surface area contributed by atoms with E-state index in [-0.39, 0.29) is 0 Å². The zero-order valence-corrected chi connectivity index (χ0v) is 14.3. The van der Waals surface area contributed by atoms with Crippen molar-refractivity contribution in [3.8, 4) is 0 Å². The van der Waals surface area contributed by atoms with Crippen molar-refractivity contribution in [1.82, 2.24) is 4.98 Å². The highest BCUT2D eigenvalue weighted by atomic mass is 79.9. The summed E-state index contributed by atoms with van der Waals surface area (Å²) < 4.78 is 1.06. The van der Waals surface area contributed by atoms with Gasteiger partial charge >= 0.3 is 5.97 Å². The lowest BCUT2D eigenvalue weighted by Gasteiger charge is -2.15. The second kappa shape index (κ2) is 6.28. The Morgan fingerprint density at radius 3 is 2.80 bits per heavy atom. The van der Waals surface area contributed by atoms with E-state index in [1.165, 1.54) is 11.3 Å². The van der Waals surface area contributed by atoms with E-state index in [1.54, 1.807) is 25.6 Å². The van der Waals surface area contributed by atoms with Crippen LogP contribution in [0.3, 0.4) is 0 Å². The van der Waals surface area contributed by atoms with Gasteiger partial charge in [-0.3, -0.25) is 4.79 Å². The van der Waals surface area contributed by atoms with E-state index in [0.29, 0.717) is 5.69 Å². The number of benzene rings is 1. The monoisotopic (exact) mass is 371 g/mol. The number of rotatable bonds is 5. The first-order chi connectivity index (χ1) is 9.41. The molecule has 0 saturated carbocycles. The van der Waals surface area contributed by atoms with Crippen LogP contribution in [0.2, 0.25) is 0 Å². The van der Waals surface area contributed by atoms with Crippen molar-refractivity contribution >= 4 is 45.0 Å². The van der Waals surface area contributed by atoms with E-state index < -0.39 is 11.4 Å². The summed E-state index contributed by atoms with van der Waals surface area (Å²) in [6, 6.07) is 8.02. The maximum atomic E-state index is 11.2. The average Bonchev–Trinajstić information content (AvgIpc) is 2.87. The van der Waals surface area contributed by atoms with Gasteiger partial charge in [0.1, 0.15) is 10.4 Å². The predicted octanol–water partition coefficient (Wildman–Crippen LogP) is 4.56. The van der Waals surface area contributed by atoms with Gasteiger partial charge in [0.05, 0.1) is 11.4 Å². The van der Waals surface area contributed by atoms with E-state index in [9.17, 15) is 9.90 Å². The molecule has 20 heavy (non-hydrogen) atoms. The first-order valence-electron chi connectivity index (χ1n) is 5.97. The Morgan fingerprint density at radius 1 is 1.45 bits per heavy atom. The number of hydrogen-bond acceptors (Lipinski definition) is 4. The Kier molecular flexibility index (Phi) is 4.88. The maximum absolute atomic E-state index is 11.2. The Balaban J connectivity index is 2.08. The van der Waals surface area contributed by atoms with Crippen molar-refractivity contribution in [2.75, 3.05) is 0 Å². The third kappa shape index (κ3) is 3.42. The summed E-state index contributed by atoms with van der Waals surface area (Å²) in [5, 5.41) is 12.0. The lowest BCUT2D eigenvalue weighted by atomic mass is 9.90. The lowest BCUT2D eigenvalue weighted by Crippen LogP contribution is -2.28. The van der Waals surface area contributed by atoms with Crippen molar-refractivity contribution in [2.45, 2.75) is 29.9 Å². The van der Waals surface area contributed by atoms with Gasteiger partial charge in [0.2, 0.25) is 0 Å². The topological polar surface area (TPSA) is 50.2 Å². The quantitative estimate of drug-likeness (QED) is 0.782. The van der Waals surface area contributed by atoms with Crippen LogP contribution in [0.15, 0.2) is 39.0 Å². The molecule has 0 unspecified atom stereocenters. The molecule has 1 aromatic carbocycles. The van der Waals surface area contributed by atoms with Gasteiger partial charge < -0.3 is 5.11 Å². The van der Waals surface area contributed by atoms with Crippen LogP contribution in [-0.4, -0.2) is 16.1 Å². The smallest absolute Gasteiger partial charge is 0.315 e. The number of thioether (sulfide) groups is 1. The van der Waals surface area contributed by atoms with E-state index in [4.69, 9.17) is 0 Å². The molecule has 0 bridgehead atoms. The van der Waals surface area contributed by atoms with Crippen molar-refractivity contribution in [3.05, 3.63) is 44.8 Å². The minimum Gasteiger partial charge on any atom is -0.481 e. The molecule has 106 valence electrons. The van der Waals surface area contributed by atoms with Gasteiger partial charge in [0, 0.05) is 14.7 Å². The van der Waals surface area contributed by atoms with Crippen LogP contribution in [0, 0.1) is 0 Å². The SMILES string of the molecule is CC(C)(C(=O)O)c1csc(CSc2ccccc2Br)n1. The molecule has 0 amide bonds. The number of nitrogens with zero attached hydrogens (tertiary/aromatic N) is 1. The van der Waals surface area contributed by atoms with E-state index in [1.807, 2.05) is 29.6 Å². The molecule has 0 saturated heterocycles. The number of halogens is 1. The van der Waals surface area contributed by atoms with Gasteiger partial charge in [0.25, 0.3) is 0 Å². The molecule has 0 aliphatic rings. The molecular formula is C14H14BrNO2S2. The van der Waals surface area contributed by atoms with E-state index in [0.717, 1.165) is 20.1 Å². The molecule has 2 aromatic rings. The first kappa shape index (κ1) is 15.5. The molecule has 6 heteroatoms. The molecule has 0 aliphatic heterocycles. The van der Waals surface area contributed by atoms with Gasteiger partial charge in [-0.2, -0.15) is 0 Å². The number of aliphatic carboxylic acids is 1. The minimum atomic E-state index is -0.938. The van der Waals surface area contributed by atoms with Crippen molar-refractivity contribution < 1.29 is 9.90 Å². The standard InChI is InChI=1S/C14H14BrNO2S2/c1-14(2,13(17)18)11-7-20-12(16-11)8-19-10-6-4-3-5-9(10)15/h3-7H,8H2,1-2H3,(H,17,18). The molecule has 1 N–H and O–H groups in total. The average molecular weight is 372 g/mol. The molecule has 1 heterocycles. The van der Waals surface area contributed by atoms with Crippen molar-refractivity contribution in [3.63, 3.8) is 0 Å². The van der Waals surface area contributed by atoms with Crippen LogP contribution in [0.1, 0.15) is 24.5 Å². The van der Waals surface area contributed by atoms with Gasteiger partial charge in [-0.25, -0.2) is 4.98 Å². The highest BCUT2D eigenvalue weighted by Crippen LogP contribution is 2.32. The van der Waals surface area contributed by atoms with Crippen LogP contribution >= 0.6 is 39.0 Å². The molecule has 1 aromatic heterocycles. The van der Waals surface area contributed by atoms with Crippen molar-refractivity contribution in [1.29, 1.82) is 0 Å². The fraction of sp³-hybridized carbons (Fsp3) is 0.286. The zero-order chi connectivity index (χ0) is 14.8. The molecule has 0 fully saturated rings. The Bertz CT molecular complexity index is 625. The number of carbonyl (C=O) groups is 1. The van der Waals surface area contributed by atoms with Crippen LogP contribution in [0.4, 0.5) is 0 Å². The fourth-order valence-corrected chi connectivity index (χ4v) is 4.02. The third-order valence-corrected chi connectivity index (χ3v) is 5.98. The Hall–Kier alpha value is -0.850. The van der Waals surface area contributed by atoms with Gasteiger partial charge in [-0.1, -0.05) is 12.1 Å². The summed E-state index contributed by atoms with van der Waals surface area (Å²) >= 11 is 6.70. The second-order valence-corrected chi connectivity index (χ2v) is 7.59. The van der Waals surface area contributed by atoms with Crippen LogP contribution in [0.5, 0.6) is 0 Å². The largest absolute Gasteiger partial charge is 0.481 e. The van der Waals surface area contributed by atoms with E-state index in [2.05, 4.69) is 20.9 Å². The molecule has 0 radical (unpaired) electrons. The van der Waals surface area contributed by atoms with Crippen LogP contribution in [0.25, 0.3) is 0 Å². The summed E-state index contributed by atoms with van der Waals surface area (Å²) in [6.45, 7) is 3.35. The minimum absolute atomic E-state index is 0.623. The number of carboxylic acid groups (broad SMARTS) is 1. The predicted molar refractivity (Wildman–Crippen MR) is 86.5 cm³/mol. The summed E-state index contributed by atoms with van der Waals surface area (Å²) in [7, 11) is 0. The Morgan fingerprint density at radius 2 is 2.15 bits per heavy atom. The summed E-state index contributed by atoms with van der Waals surface area (Å²) in [5.41, 5.74) is -0.315. The van der Waals surface area contributed by atoms with Crippen LogP contribution in [-0.2, 0) is 16.0 Å². The highest BCUT2D eigenvalue weighted by molar-refractivity contribution is 9.10. The lowest BCUT2D eigenvalue weighted by molar-refractivity contribution is -0.142. The zero-order valence-electron chi connectivity index (χ0n) is 11.1. The van der Waals surface area contributed by atoms with Gasteiger partial charge in [-0.05, 0) is 41.9 Å². The number of carboxylic acids is 1. The first-order valence-corrected chi connectivity index (χ1v) is 8.62. The second-order valence-electron chi connectivity index (χ2n) is 4.78. The molecule has 2 rings (SSSR count). The number of thiazole rings is 1. The maximum Gasteiger partial charge on any atom is 0.315 e. The van der Waals surface area contributed by atoms with Crippen molar-refractivity contribution in [2.24, 2.45) is 0 Å². The highest BCUT2D eigenvalue weighted by Gasteiger charge is 2.32. The Labute approximate surface area is 134 Å². The number of hydrogen-bond donors (Lipinski definition) is 1. The fourth-order valence-electron chi connectivity index (χ4n) is 1.48. The van der Waals surface area contributed by atoms with Gasteiger partial charge in [0.15, 0.2) is 0 Å². The van der Waals surface area contributed by atoms with Gasteiger partial charge in [-0.15, -0.1) is 23.1 Å². The summed E-state index contributed by atoms with van der Waals surface area (Å²) in [5.74, 6) is -0.115. The summed E-state index contributed by atoms with van der Waals surface area (Å²) in [4.78, 5) is 16.8. The van der Waals surface area contributed by atoms with Crippen LogP contribution < -0.4 is 0 Å². The van der Waals surface area contributed by atoms with E-state index >= 15 is 0 Å². The third-order valence-electron chi connectivity index (χ3n) is 2.91.